The maximum atomic E-state index is 11.8. The summed E-state index contributed by atoms with van der Waals surface area (Å²) in [5.74, 6) is -1.96. The molecule has 0 unspecified atom stereocenters. The van der Waals surface area contributed by atoms with Crippen molar-refractivity contribution in [3.05, 3.63) is 11.1 Å². The lowest BCUT2D eigenvalue weighted by molar-refractivity contribution is -0.221. The first-order chi connectivity index (χ1) is 9.26. The third-order valence-electron chi connectivity index (χ3n) is 6.35. The summed E-state index contributed by atoms with van der Waals surface area (Å²) in [7, 11) is 0. The molecule has 0 amide bonds. The van der Waals surface area contributed by atoms with Crippen molar-refractivity contribution in [1.29, 1.82) is 0 Å². The van der Waals surface area contributed by atoms with Crippen LogP contribution < -0.4 is 0 Å². The number of fused-ring (bicyclic) bond motifs is 1. The predicted octanol–water partition coefficient (Wildman–Crippen LogP) is 0.887. The largest absolute Gasteiger partial charge is 0.426 e. The lowest BCUT2D eigenvalue weighted by Gasteiger charge is -2.53. The number of carbonyl (C=O) groups excluding carboxylic acids is 1. The van der Waals surface area contributed by atoms with Crippen LogP contribution in [0.2, 0.25) is 0 Å². The van der Waals surface area contributed by atoms with Gasteiger partial charge >= 0.3 is 5.97 Å². The molecule has 5 nitrogen and oxygen atoms in total. The molecule has 20 heavy (non-hydrogen) atoms. The summed E-state index contributed by atoms with van der Waals surface area (Å²) in [4.78, 5) is 11.8. The van der Waals surface area contributed by atoms with Crippen molar-refractivity contribution in [2.24, 2.45) is 11.3 Å². The SMILES string of the molecule is CC1=C2[C@@H](O)[C@]3(C)[C@@H](C)CC[C@H]4O[C@]43C[C@@]2(O)OC1=O. The maximum absolute atomic E-state index is 11.8. The zero-order chi connectivity index (χ0) is 14.5. The van der Waals surface area contributed by atoms with Crippen molar-refractivity contribution < 1.29 is 24.5 Å². The smallest absolute Gasteiger partial charge is 0.336 e. The van der Waals surface area contributed by atoms with Gasteiger partial charge in [0.05, 0.1) is 12.2 Å². The van der Waals surface area contributed by atoms with Gasteiger partial charge in [-0.15, -0.1) is 0 Å². The van der Waals surface area contributed by atoms with Crippen molar-refractivity contribution in [1.82, 2.24) is 0 Å². The molecule has 0 aromatic heterocycles. The van der Waals surface area contributed by atoms with Crippen LogP contribution >= 0.6 is 0 Å². The summed E-state index contributed by atoms with van der Waals surface area (Å²) in [6.45, 7) is 5.74. The van der Waals surface area contributed by atoms with Gasteiger partial charge in [0.1, 0.15) is 5.60 Å². The van der Waals surface area contributed by atoms with E-state index in [1.807, 2.05) is 6.92 Å². The Morgan fingerprint density at radius 1 is 1.35 bits per heavy atom. The Bertz CT molecular complexity index is 554. The van der Waals surface area contributed by atoms with Crippen LogP contribution in [0.1, 0.15) is 40.0 Å². The molecule has 5 heteroatoms. The molecule has 0 bridgehead atoms. The predicted molar refractivity (Wildman–Crippen MR) is 68.5 cm³/mol. The highest BCUT2D eigenvalue weighted by Gasteiger charge is 2.79. The molecular formula is C15H20O5. The van der Waals surface area contributed by atoms with Crippen LogP contribution in [0.3, 0.4) is 0 Å². The monoisotopic (exact) mass is 280 g/mol. The van der Waals surface area contributed by atoms with Crippen molar-refractivity contribution in [3.8, 4) is 0 Å². The van der Waals surface area contributed by atoms with Gasteiger partial charge < -0.3 is 19.7 Å². The zero-order valence-electron chi connectivity index (χ0n) is 12.0. The van der Waals surface area contributed by atoms with E-state index in [4.69, 9.17) is 9.47 Å². The molecule has 0 aromatic carbocycles. The van der Waals surface area contributed by atoms with Gasteiger partial charge in [0.2, 0.25) is 5.79 Å². The first-order valence-electron chi connectivity index (χ1n) is 7.29. The molecule has 4 rings (SSSR count). The number of aliphatic hydroxyl groups excluding tert-OH is 1. The minimum atomic E-state index is -1.69. The van der Waals surface area contributed by atoms with E-state index in [0.29, 0.717) is 11.1 Å². The van der Waals surface area contributed by atoms with E-state index < -0.39 is 28.9 Å². The van der Waals surface area contributed by atoms with Crippen molar-refractivity contribution in [2.45, 2.75) is 63.6 Å². The van der Waals surface area contributed by atoms with Crippen molar-refractivity contribution >= 4 is 5.97 Å². The van der Waals surface area contributed by atoms with Gasteiger partial charge in [0, 0.05) is 23.0 Å². The molecule has 0 radical (unpaired) electrons. The highest BCUT2D eigenvalue weighted by Crippen LogP contribution is 2.69. The Morgan fingerprint density at radius 2 is 2.05 bits per heavy atom. The number of hydrogen-bond donors (Lipinski definition) is 2. The number of carbonyl (C=O) groups is 1. The third-order valence-corrected chi connectivity index (χ3v) is 6.35. The highest BCUT2D eigenvalue weighted by molar-refractivity contribution is 5.92. The molecular weight excluding hydrogens is 260 g/mol. The van der Waals surface area contributed by atoms with Crippen LogP contribution in [0.5, 0.6) is 0 Å². The van der Waals surface area contributed by atoms with Crippen LogP contribution in [-0.2, 0) is 14.3 Å². The van der Waals surface area contributed by atoms with Gasteiger partial charge in [-0.2, -0.15) is 0 Å². The summed E-state index contributed by atoms with van der Waals surface area (Å²) >= 11 is 0. The number of esters is 1. The molecule has 110 valence electrons. The average molecular weight is 280 g/mol. The standard InChI is InChI=1S/C15H20O5/c1-7-4-5-9-14(19-9)6-15(18)10(8(2)12(17)20-15)11(16)13(7,14)3/h7,9,11,16,18H,4-6H2,1-3H3/t7-,9+,11+,13-,14+,15+/m0/s1. The minimum absolute atomic E-state index is 0.0588. The summed E-state index contributed by atoms with van der Waals surface area (Å²) in [6.07, 6.45) is 1.31. The Kier molecular flexibility index (Phi) is 2.10. The Balaban J connectivity index is 1.90. The van der Waals surface area contributed by atoms with E-state index in [9.17, 15) is 15.0 Å². The Morgan fingerprint density at radius 3 is 2.75 bits per heavy atom. The number of aliphatic hydroxyl groups is 2. The van der Waals surface area contributed by atoms with Gasteiger partial charge in [0.25, 0.3) is 0 Å². The molecule has 1 saturated heterocycles. The first-order valence-corrected chi connectivity index (χ1v) is 7.29. The lowest BCUT2D eigenvalue weighted by atomic mass is 9.52. The average Bonchev–Trinajstić information content (AvgIpc) is 3.01. The minimum Gasteiger partial charge on any atom is -0.426 e. The van der Waals surface area contributed by atoms with Gasteiger partial charge in [-0.1, -0.05) is 13.8 Å². The fraction of sp³-hybridized carbons (Fsp3) is 0.800. The molecule has 2 heterocycles. The molecule has 1 spiro atoms. The second-order valence-electron chi connectivity index (χ2n) is 7.05. The topological polar surface area (TPSA) is 79.3 Å². The molecule has 3 fully saturated rings. The summed E-state index contributed by atoms with van der Waals surface area (Å²) in [6, 6.07) is 0. The molecule has 6 atom stereocenters. The van der Waals surface area contributed by atoms with Gasteiger partial charge in [0.15, 0.2) is 0 Å². The summed E-state index contributed by atoms with van der Waals surface area (Å²) in [5, 5.41) is 21.6. The van der Waals surface area contributed by atoms with E-state index >= 15 is 0 Å². The van der Waals surface area contributed by atoms with Crippen LogP contribution in [0.15, 0.2) is 11.1 Å². The number of epoxide rings is 1. The van der Waals surface area contributed by atoms with E-state index in [1.54, 1.807) is 6.92 Å². The number of ether oxygens (including phenoxy) is 2. The van der Waals surface area contributed by atoms with Crippen molar-refractivity contribution in [3.63, 3.8) is 0 Å². The molecule has 2 N–H and O–H groups in total. The van der Waals surface area contributed by atoms with Gasteiger partial charge in [-0.3, -0.25) is 0 Å². The highest BCUT2D eigenvalue weighted by atomic mass is 16.7. The van der Waals surface area contributed by atoms with E-state index in [2.05, 4.69) is 6.92 Å². The van der Waals surface area contributed by atoms with E-state index in [0.717, 1.165) is 12.8 Å². The van der Waals surface area contributed by atoms with Crippen molar-refractivity contribution in [2.75, 3.05) is 0 Å². The molecule has 2 saturated carbocycles. The number of rotatable bonds is 0. The quantitative estimate of drug-likeness (QED) is 0.509. The van der Waals surface area contributed by atoms with Crippen LogP contribution in [-0.4, -0.2) is 39.8 Å². The molecule has 2 aliphatic heterocycles. The van der Waals surface area contributed by atoms with Gasteiger partial charge in [-0.05, 0) is 25.7 Å². The maximum Gasteiger partial charge on any atom is 0.336 e. The summed E-state index contributed by atoms with van der Waals surface area (Å²) < 4.78 is 11.1. The Labute approximate surface area is 117 Å². The van der Waals surface area contributed by atoms with Crippen LogP contribution in [0.25, 0.3) is 0 Å². The fourth-order valence-corrected chi connectivity index (χ4v) is 4.84. The second kappa shape index (κ2) is 3.29. The fourth-order valence-electron chi connectivity index (χ4n) is 4.84. The first kappa shape index (κ1) is 12.8. The second-order valence-corrected chi connectivity index (χ2v) is 7.05. The summed E-state index contributed by atoms with van der Waals surface area (Å²) in [5.41, 5.74) is -0.357. The van der Waals surface area contributed by atoms with Crippen LogP contribution in [0.4, 0.5) is 0 Å². The normalized spacial score (nSPS) is 56.9. The molecule has 0 aromatic rings. The number of hydrogen-bond acceptors (Lipinski definition) is 5. The third kappa shape index (κ3) is 1.11. The lowest BCUT2D eigenvalue weighted by Crippen LogP contribution is -2.63. The van der Waals surface area contributed by atoms with E-state index in [-0.39, 0.29) is 18.4 Å². The Hall–Kier alpha value is -0.910. The molecule has 2 aliphatic carbocycles. The van der Waals surface area contributed by atoms with Gasteiger partial charge in [-0.25, -0.2) is 4.79 Å². The molecule has 4 aliphatic rings. The van der Waals surface area contributed by atoms with E-state index in [1.165, 1.54) is 0 Å². The zero-order valence-corrected chi connectivity index (χ0v) is 12.0. The van der Waals surface area contributed by atoms with Crippen LogP contribution in [0, 0.1) is 11.3 Å².